The Morgan fingerprint density at radius 1 is 0.897 bits per heavy atom. The summed E-state index contributed by atoms with van der Waals surface area (Å²) >= 11 is 0. The van der Waals surface area contributed by atoms with Crippen molar-refractivity contribution in [2.45, 2.75) is 11.8 Å². The van der Waals surface area contributed by atoms with Crippen molar-refractivity contribution in [3.05, 3.63) is 89.0 Å². The lowest BCUT2D eigenvalue weighted by Crippen LogP contribution is -2.54. The average molecular weight is 551 g/mol. The number of barbiturate groups is 1. The molecule has 3 aromatic carbocycles. The summed E-state index contributed by atoms with van der Waals surface area (Å²) in [5.74, 6) is -2.51. The van der Waals surface area contributed by atoms with Crippen LogP contribution in [0.3, 0.4) is 0 Å². The normalized spacial score (nSPS) is 14.7. The standard InChI is InChI=1S/C27H22N2O9S/c1-16-4-11-20(12-5-16)39(34,35)38-22-13-6-17(15-23(22)36-2)14-21-24(30)28-27(33)29(25(21)31)19-9-7-18(8-10-19)26(32)37-3/h4-15H,1-3H3,(H,28,30,33)/b21-14+. The Morgan fingerprint density at radius 2 is 1.56 bits per heavy atom. The summed E-state index contributed by atoms with van der Waals surface area (Å²) < 4.78 is 40.6. The highest BCUT2D eigenvalue weighted by Crippen LogP contribution is 2.32. The van der Waals surface area contributed by atoms with Gasteiger partial charge in [-0.15, -0.1) is 0 Å². The van der Waals surface area contributed by atoms with Crippen LogP contribution in [0.2, 0.25) is 0 Å². The molecule has 4 rings (SSSR count). The summed E-state index contributed by atoms with van der Waals surface area (Å²) in [6.45, 7) is 1.82. The molecule has 12 heteroatoms. The average Bonchev–Trinajstić information content (AvgIpc) is 2.91. The van der Waals surface area contributed by atoms with Gasteiger partial charge in [-0.3, -0.25) is 14.9 Å². The Balaban J connectivity index is 1.63. The van der Waals surface area contributed by atoms with Crippen molar-refractivity contribution < 1.29 is 41.3 Å². The summed E-state index contributed by atoms with van der Waals surface area (Å²) in [7, 11) is -1.64. The fraction of sp³-hybridized carbons (Fsp3) is 0.111. The minimum absolute atomic E-state index is 0.0232. The Kier molecular flexibility index (Phi) is 7.49. The van der Waals surface area contributed by atoms with Gasteiger partial charge in [0.15, 0.2) is 11.5 Å². The van der Waals surface area contributed by atoms with E-state index in [9.17, 15) is 27.6 Å². The molecular weight excluding hydrogens is 528 g/mol. The SMILES string of the molecule is COC(=O)c1ccc(N2C(=O)NC(=O)/C(=C\c3ccc(OS(=O)(=O)c4ccc(C)cc4)c(OC)c3)C2=O)cc1. The number of carbonyl (C=O) groups excluding carboxylic acids is 4. The van der Waals surface area contributed by atoms with Gasteiger partial charge in [-0.05, 0) is 67.1 Å². The molecule has 11 nitrogen and oxygen atoms in total. The number of aryl methyl sites for hydroxylation is 1. The minimum Gasteiger partial charge on any atom is -0.493 e. The zero-order valence-corrected chi connectivity index (χ0v) is 21.8. The van der Waals surface area contributed by atoms with Crippen LogP contribution >= 0.6 is 0 Å². The lowest BCUT2D eigenvalue weighted by atomic mass is 10.1. The third-order valence-electron chi connectivity index (χ3n) is 5.66. The molecule has 39 heavy (non-hydrogen) atoms. The first-order chi connectivity index (χ1) is 18.5. The van der Waals surface area contributed by atoms with Gasteiger partial charge >= 0.3 is 22.1 Å². The van der Waals surface area contributed by atoms with E-state index in [0.717, 1.165) is 10.5 Å². The van der Waals surface area contributed by atoms with Crippen LogP contribution in [0.5, 0.6) is 11.5 Å². The number of benzene rings is 3. The van der Waals surface area contributed by atoms with E-state index in [2.05, 4.69) is 10.1 Å². The van der Waals surface area contributed by atoms with E-state index in [0.29, 0.717) is 5.56 Å². The number of ether oxygens (including phenoxy) is 2. The van der Waals surface area contributed by atoms with Gasteiger partial charge in [-0.2, -0.15) is 8.42 Å². The van der Waals surface area contributed by atoms with Crippen LogP contribution < -0.4 is 19.1 Å². The molecule has 1 N–H and O–H groups in total. The van der Waals surface area contributed by atoms with Gasteiger partial charge < -0.3 is 13.7 Å². The molecule has 0 aliphatic carbocycles. The molecule has 0 radical (unpaired) electrons. The number of imide groups is 2. The van der Waals surface area contributed by atoms with Crippen LogP contribution in [-0.2, 0) is 24.4 Å². The number of hydrogen-bond donors (Lipinski definition) is 1. The van der Waals surface area contributed by atoms with Crippen molar-refractivity contribution in [2.75, 3.05) is 19.1 Å². The summed E-state index contributed by atoms with van der Waals surface area (Å²) in [4.78, 5) is 50.5. The Labute approximate surface area is 223 Å². The van der Waals surface area contributed by atoms with Gasteiger partial charge in [-0.25, -0.2) is 14.5 Å². The molecule has 0 atom stereocenters. The van der Waals surface area contributed by atoms with E-state index in [1.54, 1.807) is 12.1 Å². The maximum absolute atomic E-state index is 13.2. The molecule has 1 heterocycles. The second-order valence-corrected chi connectivity index (χ2v) is 9.80. The van der Waals surface area contributed by atoms with Crippen molar-refractivity contribution in [1.29, 1.82) is 0 Å². The van der Waals surface area contributed by atoms with Crippen LogP contribution in [0.25, 0.3) is 6.08 Å². The largest absolute Gasteiger partial charge is 0.493 e. The molecule has 200 valence electrons. The zero-order chi connectivity index (χ0) is 28.3. The Morgan fingerprint density at radius 3 is 2.18 bits per heavy atom. The summed E-state index contributed by atoms with van der Waals surface area (Å²) in [6, 6.07) is 14.7. The second-order valence-electron chi connectivity index (χ2n) is 8.26. The minimum atomic E-state index is -4.16. The maximum atomic E-state index is 13.2. The topological polar surface area (TPSA) is 145 Å². The highest BCUT2D eigenvalue weighted by atomic mass is 32.2. The number of esters is 1. The van der Waals surface area contributed by atoms with Gasteiger partial charge in [0, 0.05) is 0 Å². The van der Waals surface area contributed by atoms with E-state index in [-0.39, 0.29) is 33.2 Å². The monoisotopic (exact) mass is 550 g/mol. The van der Waals surface area contributed by atoms with Crippen molar-refractivity contribution in [3.63, 3.8) is 0 Å². The van der Waals surface area contributed by atoms with Crippen molar-refractivity contribution >= 4 is 45.7 Å². The highest BCUT2D eigenvalue weighted by molar-refractivity contribution is 7.87. The lowest BCUT2D eigenvalue weighted by molar-refractivity contribution is -0.122. The summed E-state index contributed by atoms with van der Waals surface area (Å²) in [5, 5.41) is 2.10. The fourth-order valence-corrected chi connectivity index (χ4v) is 4.58. The van der Waals surface area contributed by atoms with E-state index in [4.69, 9.17) is 8.92 Å². The lowest BCUT2D eigenvalue weighted by Gasteiger charge is -2.26. The smallest absolute Gasteiger partial charge is 0.339 e. The van der Waals surface area contributed by atoms with Crippen LogP contribution in [-0.4, -0.2) is 46.5 Å². The van der Waals surface area contributed by atoms with Gasteiger partial charge in [0.1, 0.15) is 10.5 Å². The Bertz CT molecular complexity index is 1610. The van der Waals surface area contributed by atoms with Crippen LogP contribution in [0.1, 0.15) is 21.5 Å². The Hall–Kier alpha value is -4.97. The van der Waals surface area contributed by atoms with E-state index in [1.165, 1.54) is 74.9 Å². The van der Waals surface area contributed by atoms with E-state index in [1.807, 2.05) is 6.92 Å². The van der Waals surface area contributed by atoms with Gasteiger partial charge in [0.05, 0.1) is 25.5 Å². The number of anilines is 1. The second kappa shape index (κ2) is 10.8. The first kappa shape index (κ1) is 27.1. The predicted molar refractivity (Wildman–Crippen MR) is 139 cm³/mol. The molecule has 0 spiro atoms. The summed E-state index contributed by atoms with van der Waals surface area (Å²) in [6.07, 6.45) is 1.22. The molecule has 3 aromatic rings. The first-order valence-corrected chi connectivity index (χ1v) is 12.7. The molecule has 4 amide bonds. The number of urea groups is 1. The van der Waals surface area contributed by atoms with Gasteiger partial charge in [-0.1, -0.05) is 23.8 Å². The molecule has 1 aliphatic rings. The number of carbonyl (C=O) groups is 4. The molecule has 1 fully saturated rings. The van der Waals surface area contributed by atoms with Crippen LogP contribution in [0.4, 0.5) is 10.5 Å². The summed E-state index contributed by atoms with van der Waals surface area (Å²) in [5.41, 5.74) is 1.13. The van der Waals surface area contributed by atoms with Gasteiger partial charge in [0.25, 0.3) is 11.8 Å². The highest BCUT2D eigenvalue weighted by Gasteiger charge is 2.37. The zero-order valence-electron chi connectivity index (χ0n) is 21.0. The third-order valence-corrected chi connectivity index (χ3v) is 6.90. The number of nitrogens with zero attached hydrogens (tertiary/aromatic N) is 1. The quantitative estimate of drug-likeness (QED) is 0.203. The van der Waals surface area contributed by atoms with Crippen LogP contribution in [0, 0.1) is 6.92 Å². The first-order valence-electron chi connectivity index (χ1n) is 11.3. The molecule has 0 unspecified atom stereocenters. The molecule has 1 saturated heterocycles. The number of nitrogens with one attached hydrogen (secondary N) is 1. The van der Waals surface area contributed by atoms with Crippen LogP contribution in [0.15, 0.2) is 77.2 Å². The number of hydrogen-bond acceptors (Lipinski definition) is 9. The maximum Gasteiger partial charge on any atom is 0.339 e. The number of rotatable bonds is 7. The van der Waals surface area contributed by atoms with Crippen molar-refractivity contribution in [1.82, 2.24) is 5.32 Å². The van der Waals surface area contributed by atoms with Gasteiger partial charge in [0.2, 0.25) is 0 Å². The third kappa shape index (κ3) is 5.65. The number of amides is 4. The molecule has 1 aliphatic heterocycles. The van der Waals surface area contributed by atoms with E-state index >= 15 is 0 Å². The van der Waals surface area contributed by atoms with Crippen molar-refractivity contribution in [3.8, 4) is 11.5 Å². The van der Waals surface area contributed by atoms with E-state index < -0.39 is 33.9 Å². The molecule has 0 saturated carbocycles. The predicted octanol–water partition coefficient (Wildman–Crippen LogP) is 3.22. The van der Waals surface area contributed by atoms with Crippen molar-refractivity contribution in [2.24, 2.45) is 0 Å². The molecular formula is C27H22N2O9S. The fourth-order valence-electron chi connectivity index (χ4n) is 3.64. The molecule has 0 bridgehead atoms. The molecule has 0 aromatic heterocycles. The number of methoxy groups -OCH3 is 2.